The SMILES string of the molecule is CCn1c(S[C@@H](C)C(=O)Nc2ccc(N3CCOCC3)cc2)nnc1C1CC1. The van der Waals surface area contributed by atoms with E-state index in [9.17, 15) is 4.79 Å². The first kappa shape index (κ1) is 19.3. The highest BCUT2D eigenvalue weighted by molar-refractivity contribution is 8.00. The third-order valence-corrected chi connectivity index (χ3v) is 6.25. The summed E-state index contributed by atoms with van der Waals surface area (Å²) in [4.78, 5) is 14.9. The van der Waals surface area contributed by atoms with Gasteiger partial charge in [-0.05, 0) is 51.0 Å². The molecule has 0 bridgehead atoms. The molecule has 1 amide bonds. The Morgan fingerprint density at radius 1 is 1.25 bits per heavy atom. The Labute approximate surface area is 169 Å². The summed E-state index contributed by atoms with van der Waals surface area (Å²) in [5.74, 6) is 1.59. The maximum Gasteiger partial charge on any atom is 0.237 e. The number of aromatic nitrogens is 3. The average molecular weight is 402 g/mol. The highest BCUT2D eigenvalue weighted by atomic mass is 32.2. The van der Waals surface area contributed by atoms with Gasteiger partial charge in [-0.2, -0.15) is 0 Å². The molecule has 4 rings (SSSR count). The van der Waals surface area contributed by atoms with Gasteiger partial charge in [0.25, 0.3) is 0 Å². The molecule has 2 aromatic rings. The van der Waals surface area contributed by atoms with E-state index in [0.717, 1.165) is 55.2 Å². The molecule has 2 fully saturated rings. The molecule has 0 spiro atoms. The van der Waals surface area contributed by atoms with Crippen molar-refractivity contribution < 1.29 is 9.53 Å². The highest BCUT2D eigenvalue weighted by Gasteiger charge is 2.30. The van der Waals surface area contributed by atoms with E-state index in [0.29, 0.717) is 5.92 Å². The van der Waals surface area contributed by atoms with E-state index >= 15 is 0 Å². The van der Waals surface area contributed by atoms with Gasteiger partial charge < -0.3 is 19.5 Å². The zero-order valence-corrected chi connectivity index (χ0v) is 17.2. The molecule has 1 atom stereocenters. The number of benzene rings is 1. The molecule has 2 heterocycles. The minimum atomic E-state index is -0.250. The molecule has 7 nitrogen and oxygen atoms in total. The van der Waals surface area contributed by atoms with Crippen molar-refractivity contribution >= 4 is 29.0 Å². The van der Waals surface area contributed by atoms with E-state index in [1.165, 1.54) is 24.6 Å². The lowest BCUT2D eigenvalue weighted by Crippen LogP contribution is -2.36. The number of hydrogen-bond acceptors (Lipinski definition) is 6. The van der Waals surface area contributed by atoms with Crippen LogP contribution in [0.1, 0.15) is 38.4 Å². The van der Waals surface area contributed by atoms with Crippen LogP contribution in [0.4, 0.5) is 11.4 Å². The van der Waals surface area contributed by atoms with E-state index in [1.54, 1.807) is 0 Å². The average Bonchev–Trinajstić information content (AvgIpc) is 3.50. The summed E-state index contributed by atoms with van der Waals surface area (Å²) in [5, 5.41) is 12.3. The van der Waals surface area contributed by atoms with Crippen molar-refractivity contribution in [3.63, 3.8) is 0 Å². The molecule has 150 valence electrons. The standard InChI is InChI=1S/C20H27N5O2S/c1-3-25-18(15-4-5-15)22-23-20(25)28-14(2)19(26)21-16-6-8-17(9-7-16)24-10-12-27-13-11-24/h6-9,14-15H,3-5,10-13H2,1-2H3,(H,21,26)/t14-/m0/s1. The Balaban J connectivity index is 1.35. The second-order valence-corrected chi connectivity index (χ2v) is 8.56. The molecule has 0 unspecified atom stereocenters. The van der Waals surface area contributed by atoms with Crippen molar-refractivity contribution in [3.05, 3.63) is 30.1 Å². The Hall–Kier alpha value is -2.06. The number of amides is 1. The second kappa shape index (κ2) is 8.53. The second-order valence-electron chi connectivity index (χ2n) is 7.25. The minimum Gasteiger partial charge on any atom is -0.378 e. The van der Waals surface area contributed by atoms with Gasteiger partial charge in [-0.15, -0.1) is 10.2 Å². The van der Waals surface area contributed by atoms with Crippen LogP contribution in [0.5, 0.6) is 0 Å². The normalized spacial score (nSPS) is 18.1. The molecule has 28 heavy (non-hydrogen) atoms. The van der Waals surface area contributed by atoms with E-state index in [4.69, 9.17) is 4.74 Å². The van der Waals surface area contributed by atoms with E-state index < -0.39 is 0 Å². The summed E-state index contributed by atoms with van der Waals surface area (Å²) in [6, 6.07) is 8.02. The third-order valence-electron chi connectivity index (χ3n) is 5.17. The largest absolute Gasteiger partial charge is 0.378 e. The van der Waals surface area contributed by atoms with Crippen molar-refractivity contribution in [3.8, 4) is 0 Å². The molecule has 1 saturated carbocycles. The number of hydrogen-bond donors (Lipinski definition) is 1. The van der Waals surface area contributed by atoms with Crippen molar-refractivity contribution in [1.82, 2.24) is 14.8 Å². The number of anilines is 2. The molecule has 1 aromatic heterocycles. The molecule has 1 aromatic carbocycles. The zero-order chi connectivity index (χ0) is 19.5. The fraction of sp³-hybridized carbons (Fsp3) is 0.550. The molecule has 1 aliphatic carbocycles. The van der Waals surface area contributed by atoms with Gasteiger partial charge in [0.05, 0.1) is 18.5 Å². The van der Waals surface area contributed by atoms with Crippen molar-refractivity contribution in [1.29, 1.82) is 0 Å². The third kappa shape index (κ3) is 4.33. The molecule has 1 saturated heterocycles. The fourth-order valence-corrected chi connectivity index (χ4v) is 4.28. The monoisotopic (exact) mass is 401 g/mol. The Morgan fingerprint density at radius 3 is 2.61 bits per heavy atom. The summed E-state index contributed by atoms with van der Waals surface area (Å²) in [6.45, 7) is 8.17. The van der Waals surface area contributed by atoms with E-state index in [-0.39, 0.29) is 11.2 Å². The van der Waals surface area contributed by atoms with E-state index in [1.807, 2.05) is 31.2 Å². The van der Waals surface area contributed by atoms with Crippen molar-refractivity contribution in [2.24, 2.45) is 0 Å². The molecule has 8 heteroatoms. The number of ether oxygens (including phenoxy) is 1. The van der Waals surface area contributed by atoms with Crippen LogP contribution in [0.15, 0.2) is 29.4 Å². The predicted octanol–water partition coefficient (Wildman–Crippen LogP) is 3.13. The number of thioether (sulfide) groups is 1. The smallest absolute Gasteiger partial charge is 0.237 e. The summed E-state index contributed by atoms with van der Waals surface area (Å²) in [6.07, 6.45) is 2.39. The van der Waals surface area contributed by atoms with Gasteiger partial charge in [-0.1, -0.05) is 11.8 Å². The molecule has 1 aliphatic heterocycles. The lowest BCUT2D eigenvalue weighted by atomic mass is 10.2. The van der Waals surface area contributed by atoms with Crippen LogP contribution in [0, 0.1) is 0 Å². The van der Waals surface area contributed by atoms with Crippen LogP contribution in [-0.4, -0.2) is 52.2 Å². The van der Waals surface area contributed by atoms with Gasteiger partial charge in [-0.3, -0.25) is 4.79 Å². The summed E-state index contributed by atoms with van der Waals surface area (Å²) >= 11 is 1.47. The summed E-state index contributed by atoms with van der Waals surface area (Å²) in [5.41, 5.74) is 1.97. The number of carbonyl (C=O) groups excluding carboxylic acids is 1. The van der Waals surface area contributed by atoms with Gasteiger partial charge in [0.2, 0.25) is 5.91 Å². The van der Waals surface area contributed by atoms with Gasteiger partial charge in [-0.25, -0.2) is 0 Å². The molecule has 1 N–H and O–H groups in total. The lowest BCUT2D eigenvalue weighted by molar-refractivity contribution is -0.115. The maximum absolute atomic E-state index is 12.6. The van der Waals surface area contributed by atoms with Crippen LogP contribution in [0.3, 0.4) is 0 Å². The van der Waals surface area contributed by atoms with Crippen LogP contribution in [0.2, 0.25) is 0 Å². The molecule has 2 aliphatic rings. The summed E-state index contributed by atoms with van der Waals surface area (Å²) < 4.78 is 7.54. The van der Waals surface area contributed by atoms with E-state index in [2.05, 4.69) is 31.9 Å². The number of nitrogens with zero attached hydrogens (tertiary/aromatic N) is 4. The highest BCUT2D eigenvalue weighted by Crippen LogP contribution is 2.40. The maximum atomic E-state index is 12.6. The topological polar surface area (TPSA) is 72.3 Å². The van der Waals surface area contributed by atoms with Gasteiger partial charge in [0.15, 0.2) is 5.16 Å². The number of nitrogens with one attached hydrogen (secondary N) is 1. The van der Waals surface area contributed by atoms with Crippen LogP contribution in [0.25, 0.3) is 0 Å². The lowest BCUT2D eigenvalue weighted by Gasteiger charge is -2.28. The van der Waals surface area contributed by atoms with Crippen molar-refractivity contribution in [2.45, 2.75) is 49.6 Å². The van der Waals surface area contributed by atoms with Gasteiger partial charge in [0.1, 0.15) is 5.82 Å². The Bertz CT molecular complexity index is 813. The van der Waals surface area contributed by atoms with Crippen LogP contribution in [-0.2, 0) is 16.1 Å². The zero-order valence-electron chi connectivity index (χ0n) is 16.4. The molecule has 0 radical (unpaired) electrons. The number of rotatable bonds is 7. The van der Waals surface area contributed by atoms with Gasteiger partial charge in [0, 0.05) is 36.9 Å². The number of morpholine rings is 1. The first-order valence-corrected chi connectivity index (χ1v) is 10.9. The first-order valence-electron chi connectivity index (χ1n) is 9.99. The number of carbonyl (C=O) groups is 1. The first-order chi connectivity index (χ1) is 13.7. The Kier molecular flexibility index (Phi) is 5.87. The van der Waals surface area contributed by atoms with Crippen molar-refractivity contribution in [2.75, 3.05) is 36.5 Å². The summed E-state index contributed by atoms with van der Waals surface area (Å²) in [7, 11) is 0. The van der Waals surface area contributed by atoms with Crippen LogP contribution >= 0.6 is 11.8 Å². The molecular formula is C20H27N5O2S. The predicted molar refractivity (Wildman–Crippen MR) is 111 cm³/mol. The molecular weight excluding hydrogens is 374 g/mol. The minimum absolute atomic E-state index is 0.0252. The van der Waals surface area contributed by atoms with Gasteiger partial charge >= 0.3 is 0 Å². The Morgan fingerprint density at radius 2 is 1.96 bits per heavy atom. The fourth-order valence-electron chi connectivity index (χ4n) is 3.36. The quantitative estimate of drug-likeness (QED) is 0.719. The van der Waals surface area contributed by atoms with Crippen LogP contribution < -0.4 is 10.2 Å².